The predicted molar refractivity (Wildman–Crippen MR) is 100 cm³/mol. The molecule has 0 spiro atoms. The second-order valence-corrected chi connectivity index (χ2v) is 6.40. The summed E-state index contributed by atoms with van der Waals surface area (Å²) in [6.45, 7) is -0.235. The van der Waals surface area contributed by atoms with Crippen LogP contribution in [0, 0.1) is 17.5 Å². The van der Waals surface area contributed by atoms with E-state index in [1.165, 1.54) is 16.8 Å². The summed E-state index contributed by atoms with van der Waals surface area (Å²) in [6, 6.07) is 8.46. The Morgan fingerprint density at radius 3 is 2.50 bits per heavy atom. The zero-order chi connectivity index (χ0) is 21.3. The van der Waals surface area contributed by atoms with Gasteiger partial charge in [-0.2, -0.15) is 0 Å². The number of halogens is 3. The van der Waals surface area contributed by atoms with Crippen molar-refractivity contribution in [3.05, 3.63) is 82.2 Å². The molecule has 0 atom stereocenters. The maximum absolute atomic E-state index is 13.7. The second kappa shape index (κ2) is 7.78. The molecular formula is C19H13F3N6O2. The lowest BCUT2D eigenvalue weighted by Crippen LogP contribution is -2.28. The van der Waals surface area contributed by atoms with Crippen LogP contribution in [0.15, 0.2) is 53.6 Å². The molecule has 0 aliphatic heterocycles. The molecule has 2 heterocycles. The number of benzene rings is 2. The molecular weight excluding hydrogens is 401 g/mol. The third-order valence-electron chi connectivity index (χ3n) is 4.26. The number of amides is 1. The molecule has 0 bridgehead atoms. The summed E-state index contributed by atoms with van der Waals surface area (Å²) in [7, 11) is 0. The number of carbonyl (C=O) groups is 1. The molecule has 0 aliphatic carbocycles. The molecule has 152 valence electrons. The Balaban J connectivity index is 1.54. The first-order valence-electron chi connectivity index (χ1n) is 8.68. The third-order valence-corrected chi connectivity index (χ3v) is 4.26. The molecule has 0 saturated heterocycles. The summed E-state index contributed by atoms with van der Waals surface area (Å²) in [4.78, 5) is 28.9. The Morgan fingerprint density at radius 1 is 1.03 bits per heavy atom. The quantitative estimate of drug-likeness (QED) is 0.540. The van der Waals surface area contributed by atoms with Gasteiger partial charge in [-0.05, 0) is 29.8 Å². The van der Waals surface area contributed by atoms with E-state index in [4.69, 9.17) is 0 Å². The van der Waals surface area contributed by atoms with Crippen molar-refractivity contribution in [3.63, 3.8) is 0 Å². The summed E-state index contributed by atoms with van der Waals surface area (Å²) >= 11 is 0. The minimum atomic E-state index is -0.937. The predicted octanol–water partition coefficient (Wildman–Crippen LogP) is 2.09. The van der Waals surface area contributed by atoms with Crippen molar-refractivity contribution in [2.45, 2.75) is 13.1 Å². The first-order valence-corrected chi connectivity index (χ1v) is 8.68. The minimum Gasteiger partial charge on any atom is -0.322 e. The number of anilines is 1. The van der Waals surface area contributed by atoms with Gasteiger partial charge in [0.25, 0.3) is 5.56 Å². The minimum absolute atomic E-state index is 0.0552. The molecule has 4 aromatic rings. The van der Waals surface area contributed by atoms with Crippen molar-refractivity contribution in [2.24, 2.45) is 0 Å². The van der Waals surface area contributed by atoms with Crippen LogP contribution in [-0.2, 0) is 17.9 Å². The van der Waals surface area contributed by atoms with Crippen LogP contribution in [0.5, 0.6) is 0 Å². The van der Waals surface area contributed by atoms with Crippen molar-refractivity contribution in [3.8, 4) is 0 Å². The van der Waals surface area contributed by atoms with Crippen molar-refractivity contribution in [1.82, 2.24) is 24.5 Å². The van der Waals surface area contributed by atoms with Gasteiger partial charge in [0, 0.05) is 6.07 Å². The van der Waals surface area contributed by atoms with Crippen molar-refractivity contribution in [2.75, 3.05) is 5.32 Å². The summed E-state index contributed by atoms with van der Waals surface area (Å²) in [6.07, 6.45) is 1.15. The summed E-state index contributed by atoms with van der Waals surface area (Å²) < 4.78 is 42.0. The fourth-order valence-corrected chi connectivity index (χ4v) is 2.80. The molecule has 11 heteroatoms. The lowest BCUT2D eigenvalue weighted by molar-refractivity contribution is -0.116. The maximum atomic E-state index is 13.7. The van der Waals surface area contributed by atoms with Crippen molar-refractivity contribution >= 4 is 22.8 Å². The Bertz CT molecular complexity index is 1300. The molecule has 0 aliphatic rings. The summed E-state index contributed by atoms with van der Waals surface area (Å²) in [5.74, 6) is -2.79. The van der Waals surface area contributed by atoms with Crippen LogP contribution in [0.25, 0.3) is 11.2 Å². The molecule has 0 fully saturated rings. The maximum Gasteiger partial charge on any atom is 0.283 e. The Labute approximate surface area is 166 Å². The van der Waals surface area contributed by atoms with Gasteiger partial charge in [0.05, 0.1) is 12.2 Å². The van der Waals surface area contributed by atoms with E-state index < -0.39 is 29.6 Å². The van der Waals surface area contributed by atoms with Gasteiger partial charge in [0.1, 0.15) is 30.3 Å². The number of fused-ring (bicyclic) bond motifs is 1. The van der Waals surface area contributed by atoms with Crippen molar-refractivity contribution in [1.29, 1.82) is 0 Å². The number of hydrogen-bond acceptors (Lipinski definition) is 5. The van der Waals surface area contributed by atoms with E-state index in [-0.39, 0.29) is 29.2 Å². The van der Waals surface area contributed by atoms with E-state index in [1.807, 2.05) is 0 Å². The molecule has 30 heavy (non-hydrogen) atoms. The lowest BCUT2D eigenvalue weighted by Gasteiger charge is -2.08. The fraction of sp³-hybridized carbons (Fsp3) is 0.105. The Hall–Kier alpha value is -4.02. The molecule has 0 unspecified atom stereocenters. The van der Waals surface area contributed by atoms with Gasteiger partial charge < -0.3 is 5.32 Å². The molecule has 8 nitrogen and oxygen atoms in total. The van der Waals surface area contributed by atoms with Crippen LogP contribution in [0.2, 0.25) is 0 Å². The van der Waals surface area contributed by atoms with E-state index >= 15 is 0 Å². The number of nitrogens with zero attached hydrogens (tertiary/aromatic N) is 5. The second-order valence-electron chi connectivity index (χ2n) is 6.40. The third kappa shape index (κ3) is 3.90. The SMILES string of the molecule is O=C(Cn1cnc2c(nnn2Cc2ccc(F)cc2)c1=O)Nc1ccc(F)cc1F. The number of carbonyl (C=O) groups excluding carboxylic acids is 1. The molecule has 1 amide bonds. The van der Waals surface area contributed by atoms with Crippen LogP contribution >= 0.6 is 0 Å². The highest BCUT2D eigenvalue weighted by molar-refractivity contribution is 5.90. The van der Waals surface area contributed by atoms with E-state index in [0.29, 0.717) is 6.07 Å². The highest BCUT2D eigenvalue weighted by Crippen LogP contribution is 2.15. The highest BCUT2D eigenvalue weighted by Gasteiger charge is 2.15. The van der Waals surface area contributed by atoms with E-state index in [1.54, 1.807) is 12.1 Å². The van der Waals surface area contributed by atoms with Crippen LogP contribution in [-0.4, -0.2) is 30.5 Å². The monoisotopic (exact) mass is 414 g/mol. The van der Waals surface area contributed by atoms with Gasteiger partial charge in [0.15, 0.2) is 11.2 Å². The molecule has 4 rings (SSSR count). The molecule has 0 saturated carbocycles. The van der Waals surface area contributed by atoms with Crippen LogP contribution in [0.3, 0.4) is 0 Å². The Morgan fingerprint density at radius 2 is 1.77 bits per heavy atom. The first kappa shape index (κ1) is 19.3. The number of hydrogen-bond donors (Lipinski definition) is 1. The van der Waals surface area contributed by atoms with Gasteiger partial charge >= 0.3 is 0 Å². The number of nitrogens with one attached hydrogen (secondary N) is 1. The van der Waals surface area contributed by atoms with E-state index in [9.17, 15) is 22.8 Å². The van der Waals surface area contributed by atoms with Gasteiger partial charge in [-0.1, -0.05) is 17.3 Å². The van der Waals surface area contributed by atoms with Gasteiger partial charge in [-0.25, -0.2) is 22.8 Å². The first-order chi connectivity index (χ1) is 14.4. The molecule has 2 aromatic heterocycles. The highest BCUT2D eigenvalue weighted by atomic mass is 19.1. The number of aromatic nitrogens is 5. The zero-order valence-electron chi connectivity index (χ0n) is 15.2. The zero-order valence-corrected chi connectivity index (χ0v) is 15.2. The summed E-state index contributed by atoms with van der Waals surface area (Å²) in [5.41, 5.74) is 0.0506. The molecule has 1 N–H and O–H groups in total. The molecule has 0 radical (unpaired) electrons. The smallest absolute Gasteiger partial charge is 0.283 e. The van der Waals surface area contributed by atoms with Crippen molar-refractivity contribution < 1.29 is 18.0 Å². The standard InChI is InChI=1S/C19H13F3N6O2/c20-12-3-1-11(2-4-12)8-28-18-17(25-26-28)19(30)27(10-23-18)9-16(29)24-15-6-5-13(21)7-14(15)22/h1-7,10H,8-9H2,(H,24,29). The van der Waals surface area contributed by atoms with E-state index in [0.717, 1.165) is 28.6 Å². The number of rotatable bonds is 5. The average molecular weight is 414 g/mol. The normalized spacial score (nSPS) is 11.0. The molecule has 2 aromatic carbocycles. The lowest BCUT2D eigenvalue weighted by atomic mass is 10.2. The fourth-order valence-electron chi connectivity index (χ4n) is 2.80. The van der Waals surface area contributed by atoms with Crippen LogP contribution in [0.4, 0.5) is 18.9 Å². The van der Waals surface area contributed by atoms with Crippen LogP contribution in [0.1, 0.15) is 5.56 Å². The Kier molecular flexibility index (Phi) is 5.00. The summed E-state index contributed by atoms with van der Waals surface area (Å²) in [5, 5.41) is 9.97. The van der Waals surface area contributed by atoms with Gasteiger partial charge in [0.2, 0.25) is 5.91 Å². The van der Waals surface area contributed by atoms with E-state index in [2.05, 4.69) is 20.6 Å². The largest absolute Gasteiger partial charge is 0.322 e. The average Bonchev–Trinajstić information content (AvgIpc) is 3.11. The van der Waals surface area contributed by atoms with Gasteiger partial charge in [-0.3, -0.25) is 14.2 Å². The topological polar surface area (TPSA) is 94.7 Å². The van der Waals surface area contributed by atoms with Crippen LogP contribution < -0.4 is 10.9 Å². The van der Waals surface area contributed by atoms with Gasteiger partial charge in [-0.15, -0.1) is 5.10 Å².